The van der Waals surface area contributed by atoms with Gasteiger partial charge in [-0.15, -0.1) is 0 Å². The fraction of sp³-hybridized carbons (Fsp3) is 0.333. The zero-order valence-electron chi connectivity index (χ0n) is 13.5. The van der Waals surface area contributed by atoms with Gasteiger partial charge in [0.15, 0.2) is 0 Å². The van der Waals surface area contributed by atoms with Gasteiger partial charge in [0.1, 0.15) is 5.69 Å². The monoisotopic (exact) mass is 311 g/mol. The maximum absolute atomic E-state index is 11.2. The molecule has 120 valence electrons. The number of nitrogens with zero attached hydrogens (tertiary/aromatic N) is 3. The van der Waals surface area contributed by atoms with Gasteiger partial charge in [-0.1, -0.05) is 24.3 Å². The Morgan fingerprint density at radius 3 is 2.09 bits per heavy atom. The van der Waals surface area contributed by atoms with Crippen LogP contribution in [-0.4, -0.2) is 31.1 Å². The Kier molecular flexibility index (Phi) is 4.19. The normalized spacial score (nSPS) is 14.9. The third-order valence-corrected chi connectivity index (χ3v) is 4.62. The third-order valence-electron chi connectivity index (χ3n) is 4.62. The van der Waals surface area contributed by atoms with Gasteiger partial charge < -0.3 is 9.80 Å². The Bertz CT molecular complexity index is 722. The Morgan fingerprint density at radius 1 is 0.870 bits per heavy atom. The summed E-state index contributed by atoms with van der Waals surface area (Å²) in [6.45, 7) is 7.60. The van der Waals surface area contributed by atoms with Crippen LogP contribution in [-0.2, 0) is 0 Å². The van der Waals surface area contributed by atoms with Crippen LogP contribution < -0.4 is 9.80 Å². The van der Waals surface area contributed by atoms with Crippen molar-refractivity contribution in [2.24, 2.45) is 0 Å². The van der Waals surface area contributed by atoms with Gasteiger partial charge in [0.2, 0.25) is 0 Å². The number of piperazine rings is 1. The second kappa shape index (κ2) is 6.28. The van der Waals surface area contributed by atoms with Crippen molar-refractivity contribution in [3.05, 3.63) is 63.7 Å². The summed E-state index contributed by atoms with van der Waals surface area (Å²) in [4.78, 5) is 15.4. The van der Waals surface area contributed by atoms with E-state index >= 15 is 0 Å². The van der Waals surface area contributed by atoms with Crippen LogP contribution in [0.15, 0.2) is 42.5 Å². The summed E-state index contributed by atoms with van der Waals surface area (Å²) in [5.74, 6) is 0. The first-order valence-corrected chi connectivity index (χ1v) is 7.87. The second-order valence-corrected chi connectivity index (χ2v) is 5.94. The highest BCUT2D eigenvalue weighted by molar-refractivity contribution is 5.64. The van der Waals surface area contributed by atoms with E-state index in [1.54, 1.807) is 12.1 Å². The molecule has 0 unspecified atom stereocenters. The number of aryl methyl sites for hydroxylation is 1. The van der Waals surface area contributed by atoms with Gasteiger partial charge in [0, 0.05) is 37.9 Å². The molecular formula is C18H21N3O2. The van der Waals surface area contributed by atoms with Crippen molar-refractivity contribution in [1.82, 2.24) is 0 Å². The first kappa shape index (κ1) is 15.3. The van der Waals surface area contributed by atoms with Crippen LogP contribution in [0.25, 0.3) is 0 Å². The summed E-state index contributed by atoms with van der Waals surface area (Å²) in [6, 6.07) is 13.4. The molecule has 1 fully saturated rings. The summed E-state index contributed by atoms with van der Waals surface area (Å²) in [7, 11) is 0. The molecular weight excluding hydrogens is 290 g/mol. The van der Waals surface area contributed by atoms with E-state index in [-0.39, 0.29) is 10.6 Å². The van der Waals surface area contributed by atoms with Gasteiger partial charge in [-0.05, 0) is 37.1 Å². The molecule has 0 aromatic heterocycles. The average Bonchev–Trinajstić information content (AvgIpc) is 2.57. The minimum absolute atomic E-state index is 0.188. The summed E-state index contributed by atoms with van der Waals surface area (Å²) >= 11 is 0. The molecule has 0 aliphatic carbocycles. The van der Waals surface area contributed by atoms with Gasteiger partial charge in [-0.25, -0.2) is 0 Å². The second-order valence-electron chi connectivity index (χ2n) is 5.94. The van der Waals surface area contributed by atoms with Crippen molar-refractivity contribution < 1.29 is 4.92 Å². The fourth-order valence-corrected chi connectivity index (χ4v) is 3.15. The fourth-order valence-electron chi connectivity index (χ4n) is 3.15. The van der Waals surface area contributed by atoms with Crippen molar-refractivity contribution in [2.45, 2.75) is 13.8 Å². The molecule has 0 N–H and O–H groups in total. The number of anilines is 2. The largest absolute Gasteiger partial charge is 0.368 e. The molecule has 2 aromatic carbocycles. The van der Waals surface area contributed by atoms with E-state index in [9.17, 15) is 10.1 Å². The van der Waals surface area contributed by atoms with Crippen molar-refractivity contribution >= 4 is 17.1 Å². The SMILES string of the molecule is Cc1cccc(N2CCN(c3ccccc3[N+](=O)[O-])CC2)c1C. The van der Waals surface area contributed by atoms with Gasteiger partial charge in [0.05, 0.1) is 4.92 Å². The highest BCUT2D eigenvalue weighted by Gasteiger charge is 2.23. The molecule has 3 rings (SSSR count). The molecule has 1 aliphatic heterocycles. The zero-order chi connectivity index (χ0) is 16.4. The predicted molar refractivity (Wildman–Crippen MR) is 93.4 cm³/mol. The van der Waals surface area contributed by atoms with Gasteiger partial charge in [-0.2, -0.15) is 0 Å². The number of nitro benzene ring substituents is 1. The molecule has 1 heterocycles. The van der Waals surface area contributed by atoms with E-state index in [1.165, 1.54) is 16.8 Å². The Balaban J connectivity index is 1.77. The minimum Gasteiger partial charge on any atom is -0.368 e. The summed E-state index contributed by atoms with van der Waals surface area (Å²) < 4.78 is 0. The number of rotatable bonds is 3. The van der Waals surface area contributed by atoms with Crippen LogP contribution in [0.4, 0.5) is 17.1 Å². The first-order valence-electron chi connectivity index (χ1n) is 7.87. The molecule has 0 atom stereocenters. The lowest BCUT2D eigenvalue weighted by molar-refractivity contribution is -0.384. The third kappa shape index (κ3) is 2.99. The standard InChI is InChI=1S/C18H21N3O2/c1-14-6-5-9-16(15(14)2)19-10-12-20(13-11-19)17-7-3-4-8-18(17)21(22)23/h3-9H,10-13H2,1-2H3. The summed E-state index contributed by atoms with van der Waals surface area (Å²) in [5, 5.41) is 11.2. The number of benzene rings is 2. The number of nitro groups is 1. The lowest BCUT2D eigenvalue weighted by Crippen LogP contribution is -2.47. The molecule has 0 amide bonds. The molecule has 5 heteroatoms. The molecule has 1 saturated heterocycles. The average molecular weight is 311 g/mol. The minimum atomic E-state index is -0.299. The van der Waals surface area contributed by atoms with E-state index in [0.717, 1.165) is 31.9 Å². The Labute approximate surface area is 136 Å². The van der Waals surface area contributed by atoms with Gasteiger partial charge in [-0.3, -0.25) is 10.1 Å². The smallest absolute Gasteiger partial charge is 0.292 e. The maximum Gasteiger partial charge on any atom is 0.292 e. The quantitative estimate of drug-likeness (QED) is 0.642. The van der Waals surface area contributed by atoms with Crippen LogP contribution in [0.2, 0.25) is 0 Å². The lowest BCUT2D eigenvalue weighted by Gasteiger charge is -2.37. The first-order chi connectivity index (χ1) is 11.1. The van der Waals surface area contributed by atoms with E-state index in [1.807, 2.05) is 12.1 Å². The van der Waals surface area contributed by atoms with Gasteiger partial charge >= 0.3 is 0 Å². The van der Waals surface area contributed by atoms with Crippen molar-refractivity contribution in [2.75, 3.05) is 36.0 Å². The molecule has 0 radical (unpaired) electrons. The van der Waals surface area contributed by atoms with Crippen molar-refractivity contribution in [1.29, 1.82) is 0 Å². The summed E-state index contributed by atoms with van der Waals surface area (Å²) in [6.07, 6.45) is 0. The molecule has 5 nitrogen and oxygen atoms in total. The number of hydrogen-bond acceptors (Lipinski definition) is 4. The Morgan fingerprint density at radius 2 is 1.43 bits per heavy atom. The number of para-hydroxylation sites is 2. The van der Waals surface area contributed by atoms with Gasteiger partial charge in [0.25, 0.3) is 5.69 Å². The zero-order valence-corrected chi connectivity index (χ0v) is 13.5. The number of hydrogen-bond donors (Lipinski definition) is 0. The van der Waals surface area contributed by atoms with Crippen LogP contribution in [0.5, 0.6) is 0 Å². The van der Waals surface area contributed by atoms with E-state index < -0.39 is 0 Å². The van der Waals surface area contributed by atoms with Crippen molar-refractivity contribution in [3.8, 4) is 0 Å². The van der Waals surface area contributed by atoms with E-state index in [0.29, 0.717) is 0 Å². The van der Waals surface area contributed by atoms with Crippen LogP contribution in [0.3, 0.4) is 0 Å². The predicted octanol–water partition coefficient (Wildman–Crippen LogP) is 3.54. The van der Waals surface area contributed by atoms with Crippen LogP contribution >= 0.6 is 0 Å². The van der Waals surface area contributed by atoms with E-state index in [4.69, 9.17) is 0 Å². The van der Waals surface area contributed by atoms with Crippen LogP contribution in [0, 0.1) is 24.0 Å². The topological polar surface area (TPSA) is 49.6 Å². The van der Waals surface area contributed by atoms with E-state index in [2.05, 4.69) is 41.8 Å². The molecule has 0 saturated carbocycles. The molecule has 0 spiro atoms. The maximum atomic E-state index is 11.2. The Hall–Kier alpha value is -2.56. The lowest BCUT2D eigenvalue weighted by atomic mass is 10.1. The van der Waals surface area contributed by atoms with Crippen LogP contribution in [0.1, 0.15) is 11.1 Å². The molecule has 2 aromatic rings. The highest BCUT2D eigenvalue weighted by Crippen LogP contribution is 2.30. The molecule has 0 bridgehead atoms. The van der Waals surface area contributed by atoms with Crippen molar-refractivity contribution in [3.63, 3.8) is 0 Å². The highest BCUT2D eigenvalue weighted by atomic mass is 16.6. The molecule has 1 aliphatic rings. The summed E-state index contributed by atoms with van der Waals surface area (Å²) in [5.41, 5.74) is 4.79. The molecule has 23 heavy (non-hydrogen) atoms.